The van der Waals surface area contributed by atoms with Gasteiger partial charge in [0.2, 0.25) is 0 Å². The van der Waals surface area contributed by atoms with Gasteiger partial charge in [0.05, 0.1) is 17.6 Å². The van der Waals surface area contributed by atoms with E-state index >= 15 is 0 Å². The van der Waals surface area contributed by atoms with Crippen molar-refractivity contribution >= 4 is 28.7 Å². The molecular formula is C12H12ClN3. The van der Waals surface area contributed by atoms with Gasteiger partial charge in [0, 0.05) is 16.9 Å². The lowest BCUT2D eigenvalue weighted by Crippen LogP contribution is -1.93. The second-order valence-corrected chi connectivity index (χ2v) is 4.00. The number of hydrogen-bond acceptors (Lipinski definition) is 3. The molecule has 82 valence electrons. The average molecular weight is 234 g/mol. The molecule has 3 nitrogen and oxygen atoms in total. The molecule has 0 atom stereocenters. The molecule has 4 heteroatoms. The molecule has 0 amide bonds. The SMILES string of the molecule is Cc1ccc(Nc2cncc(N)c2)cc1Cl. The van der Waals surface area contributed by atoms with Crippen molar-refractivity contribution in [2.75, 3.05) is 11.1 Å². The van der Waals surface area contributed by atoms with Crippen molar-refractivity contribution in [2.45, 2.75) is 6.92 Å². The summed E-state index contributed by atoms with van der Waals surface area (Å²) in [5.74, 6) is 0. The first kappa shape index (κ1) is 10.8. The highest BCUT2D eigenvalue weighted by atomic mass is 35.5. The minimum atomic E-state index is 0.628. The van der Waals surface area contributed by atoms with Crippen LogP contribution in [0.1, 0.15) is 5.56 Å². The van der Waals surface area contributed by atoms with Crippen LogP contribution in [0, 0.1) is 6.92 Å². The Hall–Kier alpha value is -1.74. The van der Waals surface area contributed by atoms with Crippen molar-refractivity contribution < 1.29 is 0 Å². The molecule has 0 saturated heterocycles. The van der Waals surface area contributed by atoms with Gasteiger partial charge >= 0.3 is 0 Å². The predicted octanol–water partition coefficient (Wildman–Crippen LogP) is 3.37. The van der Waals surface area contributed by atoms with Gasteiger partial charge in [-0.25, -0.2) is 0 Å². The number of nitrogens with two attached hydrogens (primary N) is 1. The molecule has 0 aliphatic rings. The first-order valence-corrected chi connectivity index (χ1v) is 5.26. The molecular weight excluding hydrogens is 222 g/mol. The van der Waals surface area contributed by atoms with E-state index in [0.29, 0.717) is 5.69 Å². The van der Waals surface area contributed by atoms with Crippen molar-refractivity contribution in [3.8, 4) is 0 Å². The van der Waals surface area contributed by atoms with E-state index in [4.69, 9.17) is 17.3 Å². The predicted molar refractivity (Wildman–Crippen MR) is 68.1 cm³/mol. The third-order valence-corrected chi connectivity index (χ3v) is 2.63. The fourth-order valence-corrected chi connectivity index (χ4v) is 1.54. The van der Waals surface area contributed by atoms with Crippen LogP contribution in [0.3, 0.4) is 0 Å². The summed E-state index contributed by atoms with van der Waals surface area (Å²) in [5, 5.41) is 3.92. The Balaban J connectivity index is 2.24. The zero-order chi connectivity index (χ0) is 11.5. The van der Waals surface area contributed by atoms with Gasteiger partial charge in [-0.3, -0.25) is 4.98 Å². The zero-order valence-corrected chi connectivity index (χ0v) is 9.62. The molecule has 1 aromatic heterocycles. The number of halogens is 1. The molecule has 1 heterocycles. The molecule has 3 N–H and O–H groups in total. The van der Waals surface area contributed by atoms with Gasteiger partial charge in [-0.05, 0) is 30.7 Å². The zero-order valence-electron chi connectivity index (χ0n) is 8.87. The second-order valence-electron chi connectivity index (χ2n) is 3.60. The van der Waals surface area contributed by atoms with E-state index in [-0.39, 0.29) is 0 Å². The summed E-state index contributed by atoms with van der Waals surface area (Å²) in [4.78, 5) is 4.00. The van der Waals surface area contributed by atoms with Crippen molar-refractivity contribution in [1.29, 1.82) is 0 Å². The summed E-state index contributed by atoms with van der Waals surface area (Å²) in [7, 11) is 0. The highest BCUT2D eigenvalue weighted by Gasteiger charge is 1.99. The topological polar surface area (TPSA) is 50.9 Å². The Morgan fingerprint density at radius 2 is 2.00 bits per heavy atom. The largest absolute Gasteiger partial charge is 0.397 e. The van der Waals surface area contributed by atoms with Gasteiger partial charge < -0.3 is 11.1 Å². The smallest absolute Gasteiger partial charge is 0.0591 e. The van der Waals surface area contributed by atoms with Gasteiger partial charge in [-0.2, -0.15) is 0 Å². The van der Waals surface area contributed by atoms with Gasteiger partial charge in [0.25, 0.3) is 0 Å². The van der Waals surface area contributed by atoms with Gasteiger partial charge in [-0.15, -0.1) is 0 Å². The molecule has 0 fully saturated rings. The summed E-state index contributed by atoms with van der Waals surface area (Å²) in [5.41, 5.74) is 9.09. The molecule has 16 heavy (non-hydrogen) atoms. The standard InChI is InChI=1S/C12H12ClN3/c1-8-2-3-10(5-12(8)13)16-11-4-9(14)6-15-7-11/h2-7,16H,14H2,1H3. The highest BCUT2D eigenvalue weighted by Crippen LogP contribution is 2.23. The van der Waals surface area contributed by atoms with E-state index in [1.807, 2.05) is 31.2 Å². The number of aromatic nitrogens is 1. The third-order valence-electron chi connectivity index (χ3n) is 2.22. The fraction of sp³-hybridized carbons (Fsp3) is 0.0833. The van der Waals surface area contributed by atoms with Gasteiger partial charge in [0.15, 0.2) is 0 Å². The van der Waals surface area contributed by atoms with Crippen molar-refractivity contribution in [2.24, 2.45) is 0 Å². The van der Waals surface area contributed by atoms with Crippen molar-refractivity contribution in [1.82, 2.24) is 4.98 Å². The molecule has 0 aliphatic heterocycles. The number of rotatable bonds is 2. The summed E-state index contributed by atoms with van der Waals surface area (Å²) in [6.45, 7) is 1.97. The number of pyridine rings is 1. The van der Waals surface area contributed by atoms with Gasteiger partial charge in [0.1, 0.15) is 0 Å². The maximum absolute atomic E-state index is 6.03. The van der Waals surface area contributed by atoms with Crippen LogP contribution < -0.4 is 11.1 Å². The second kappa shape index (κ2) is 4.41. The van der Waals surface area contributed by atoms with Crippen LogP contribution in [-0.2, 0) is 0 Å². The number of hydrogen-bond donors (Lipinski definition) is 2. The number of anilines is 3. The van der Waals surface area contributed by atoms with Crippen molar-refractivity contribution in [3.05, 3.63) is 47.2 Å². The molecule has 0 radical (unpaired) electrons. The lowest BCUT2D eigenvalue weighted by Gasteiger charge is -2.07. The van der Waals surface area contributed by atoms with Crippen LogP contribution in [0.15, 0.2) is 36.7 Å². The van der Waals surface area contributed by atoms with Gasteiger partial charge in [-0.1, -0.05) is 17.7 Å². The summed E-state index contributed by atoms with van der Waals surface area (Å²) in [6.07, 6.45) is 3.32. The third kappa shape index (κ3) is 2.44. The maximum atomic E-state index is 6.03. The summed E-state index contributed by atoms with van der Waals surface area (Å²) >= 11 is 6.03. The molecule has 2 aromatic rings. The Labute approximate surface area is 99.3 Å². The van der Waals surface area contributed by atoms with Crippen LogP contribution in [0.2, 0.25) is 5.02 Å². The normalized spacial score (nSPS) is 10.1. The first-order valence-electron chi connectivity index (χ1n) is 4.89. The minimum absolute atomic E-state index is 0.628. The molecule has 0 saturated carbocycles. The fourth-order valence-electron chi connectivity index (χ4n) is 1.36. The Kier molecular flexibility index (Phi) is 2.97. The summed E-state index contributed by atoms with van der Waals surface area (Å²) in [6, 6.07) is 7.62. The lowest BCUT2D eigenvalue weighted by molar-refractivity contribution is 1.32. The molecule has 0 unspecified atom stereocenters. The molecule has 0 spiro atoms. The molecule has 0 bridgehead atoms. The Bertz CT molecular complexity index is 511. The minimum Gasteiger partial charge on any atom is -0.397 e. The monoisotopic (exact) mass is 233 g/mol. The first-order chi connectivity index (χ1) is 7.65. The molecule has 0 aliphatic carbocycles. The van der Waals surface area contributed by atoms with Crippen LogP contribution in [0.5, 0.6) is 0 Å². The molecule has 2 rings (SSSR count). The van der Waals surface area contributed by atoms with E-state index in [9.17, 15) is 0 Å². The van der Waals surface area contributed by atoms with Crippen LogP contribution in [0.25, 0.3) is 0 Å². The Morgan fingerprint density at radius 1 is 1.19 bits per heavy atom. The number of nitrogen functional groups attached to an aromatic ring is 1. The van der Waals surface area contributed by atoms with E-state index in [0.717, 1.165) is 22.0 Å². The van der Waals surface area contributed by atoms with E-state index in [1.165, 1.54) is 0 Å². The highest BCUT2D eigenvalue weighted by molar-refractivity contribution is 6.31. The van der Waals surface area contributed by atoms with E-state index < -0.39 is 0 Å². The maximum Gasteiger partial charge on any atom is 0.0591 e. The average Bonchev–Trinajstić information content (AvgIpc) is 2.24. The van der Waals surface area contributed by atoms with Crippen LogP contribution >= 0.6 is 11.6 Å². The van der Waals surface area contributed by atoms with Crippen molar-refractivity contribution in [3.63, 3.8) is 0 Å². The number of aryl methyl sites for hydroxylation is 1. The quantitative estimate of drug-likeness (QED) is 0.836. The Morgan fingerprint density at radius 3 is 2.69 bits per heavy atom. The van der Waals surface area contributed by atoms with Crippen LogP contribution in [0.4, 0.5) is 17.1 Å². The number of nitrogens with zero attached hydrogens (tertiary/aromatic N) is 1. The van der Waals surface area contributed by atoms with E-state index in [2.05, 4.69) is 10.3 Å². The van der Waals surface area contributed by atoms with Crippen LogP contribution in [-0.4, -0.2) is 4.98 Å². The van der Waals surface area contributed by atoms with E-state index in [1.54, 1.807) is 12.4 Å². The molecule has 1 aromatic carbocycles. The summed E-state index contributed by atoms with van der Waals surface area (Å²) < 4.78 is 0. The number of nitrogens with one attached hydrogen (secondary N) is 1. The lowest BCUT2D eigenvalue weighted by atomic mass is 10.2. The number of benzene rings is 1.